The topological polar surface area (TPSA) is 55.8 Å². The number of urea groups is 1. The number of carbonyl (C=O) groups is 1. The second-order valence-electron chi connectivity index (χ2n) is 4.97. The van der Waals surface area contributed by atoms with Crippen LogP contribution in [-0.4, -0.2) is 60.3 Å². The predicted octanol–water partition coefficient (Wildman–Crippen LogP) is 1.90. The lowest BCUT2D eigenvalue weighted by Crippen LogP contribution is -2.50. The van der Waals surface area contributed by atoms with Crippen LogP contribution in [0.4, 0.5) is 10.5 Å². The van der Waals surface area contributed by atoms with E-state index in [-0.39, 0.29) is 12.6 Å². The number of aliphatic hydroxyl groups excluding tert-OH is 1. The first-order valence-electron chi connectivity index (χ1n) is 6.75. The Labute approximate surface area is 127 Å². The average molecular weight is 342 g/mol. The number of β-amino-alcohol motifs (C(OH)–C–C–N with tert-alkyl or cyclic N) is 1. The van der Waals surface area contributed by atoms with Gasteiger partial charge in [-0.3, -0.25) is 4.90 Å². The smallest absolute Gasteiger partial charge is 0.321 e. The molecule has 1 fully saturated rings. The standard InChI is InChI=1S/C14H20BrN3O2/c1-11-2-3-13(12(15)10-11)16-14(20)18-6-4-17(5-7-18)8-9-19/h2-3,10,19H,4-9H2,1H3,(H,16,20). The first-order chi connectivity index (χ1) is 9.60. The molecule has 110 valence electrons. The quantitative estimate of drug-likeness (QED) is 0.882. The van der Waals surface area contributed by atoms with Gasteiger partial charge in [0, 0.05) is 37.2 Å². The summed E-state index contributed by atoms with van der Waals surface area (Å²) >= 11 is 3.46. The van der Waals surface area contributed by atoms with Gasteiger partial charge in [-0.25, -0.2) is 4.79 Å². The van der Waals surface area contributed by atoms with Crippen molar-refractivity contribution in [2.24, 2.45) is 0 Å². The Morgan fingerprint density at radius 2 is 2.05 bits per heavy atom. The number of nitrogens with one attached hydrogen (secondary N) is 1. The van der Waals surface area contributed by atoms with E-state index in [1.54, 1.807) is 4.90 Å². The number of carbonyl (C=O) groups excluding carboxylic acids is 1. The summed E-state index contributed by atoms with van der Waals surface area (Å²) in [6, 6.07) is 5.78. The molecule has 2 N–H and O–H groups in total. The van der Waals surface area contributed by atoms with Gasteiger partial charge in [0.2, 0.25) is 0 Å². The van der Waals surface area contributed by atoms with E-state index in [0.29, 0.717) is 19.6 Å². The van der Waals surface area contributed by atoms with Crippen LogP contribution in [0, 0.1) is 6.92 Å². The Balaban J connectivity index is 1.89. The number of nitrogens with zero attached hydrogens (tertiary/aromatic N) is 2. The number of anilines is 1. The normalized spacial score (nSPS) is 16.2. The summed E-state index contributed by atoms with van der Waals surface area (Å²) in [6.45, 7) is 5.86. The second-order valence-corrected chi connectivity index (χ2v) is 5.82. The van der Waals surface area contributed by atoms with Crippen LogP contribution in [-0.2, 0) is 0 Å². The molecule has 1 heterocycles. The largest absolute Gasteiger partial charge is 0.395 e. The molecule has 0 aromatic heterocycles. The molecular formula is C14H20BrN3O2. The summed E-state index contributed by atoms with van der Waals surface area (Å²) in [4.78, 5) is 16.2. The fourth-order valence-electron chi connectivity index (χ4n) is 2.23. The van der Waals surface area contributed by atoms with E-state index < -0.39 is 0 Å². The van der Waals surface area contributed by atoms with Gasteiger partial charge in [-0.15, -0.1) is 0 Å². The van der Waals surface area contributed by atoms with Gasteiger partial charge >= 0.3 is 6.03 Å². The molecule has 0 aliphatic carbocycles. The number of halogens is 1. The molecule has 20 heavy (non-hydrogen) atoms. The number of hydrogen-bond acceptors (Lipinski definition) is 3. The molecule has 0 saturated carbocycles. The summed E-state index contributed by atoms with van der Waals surface area (Å²) in [7, 11) is 0. The van der Waals surface area contributed by atoms with Crippen molar-refractivity contribution in [2.75, 3.05) is 44.6 Å². The molecule has 0 unspecified atom stereocenters. The molecule has 2 amide bonds. The van der Waals surface area contributed by atoms with Gasteiger partial charge < -0.3 is 15.3 Å². The molecule has 1 aliphatic heterocycles. The molecule has 2 rings (SSSR count). The Hall–Kier alpha value is -1.11. The van der Waals surface area contributed by atoms with Crippen LogP contribution in [0.2, 0.25) is 0 Å². The van der Waals surface area contributed by atoms with E-state index in [9.17, 15) is 4.79 Å². The van der Waals surface area contributed by atoms with Crippen LogP contribution in [0.25, 0.3) is 0 Å². The molecule has 6 heteroatoms. The van der Waals surface area contributed by atoms with Crippen molar-refractivity contribution < 1.29 is 9.90 Å². The molecule has 0 spiro atoms. The fourth-order valence-corrected chi connectivity index (χ4v) is 2.82. The number of aliphatic hydroxyl groups is 1. The summed E-state index contributed by atoms with van der Waals surface area (Å²) in [5, 5.41) is 11.8. The van der Waals surface area contributed by atoms with Gasteiger partial charge in [-0.05, 0) is 40.5 Å². The molecule has 0 bridgehead atoms. The highest BCUT2D eigenvalue weighted by molar-refractivity contribution is 9.10. The Morgan fingerprint density at radius 3 is 2.65 bits per heavy atom. The van der Waals surface area contributed by atoms with Crippen molar-refractivity contribution in [3.63, 3.8) is 0 Å². The van der Waals surface area contributed by atoms with Gasteiger partial charge in [0.25, 0.3) is 0 Å². The van der Waals surface area contributed by atoms with Crippen LogP contribution in [0.3, 0.4) is 0 Å². The molecule has 0 radical (unpaired) electrons. The van der Waals surface area contributed by atoms with E-state index in [2.05, 4.69) is 26.1 Å². The van der Waals surface area contributed by atoms with Crippen LogP contribution < -0.4 is 5.32 Å². The molecule has 1 aliphatic rings. The number of rotatable bonds is 3. The summed E-state index contributed by atoms with van der Waals surface area (Å²) in [6.07, 6.45) is 0. The van der Waals surface area contributed by atoms with E-state index in [4.69, 9.17) is 5.11 Å². The zero-order valence-electron chi connectivity index (χ0n) is 11.6. The third-order valence-corrected chi connectivity index (χ3v) is 4.10. The second kappa shape index (κ2) is 7.06. The number of hydrogen-bond donors (Lipinski definition) is 2. The maximum atomic E-state index is 12.2. The monoisotopic (exact) mass is 341 g/mol. The molecule has 1 aromatic carbocycles. The lowest BCUT2D eigenvalue weighted by Gasteiger charge is -2.34. The third kappa shape index (κ3) is 3.94. The minimum atomic E-state index is -0.0711. The number of benzene rings is 1. The first-order valence-corrected chi connectivity index (χ1v) is 7.55. The highest BCUT2D eigenvalue weighted by Crippen LogP contribution is 2.23. The zero-order chi connectivity index (χ0) is 14.5. The summed E-state index contributed by atoms with van der Waals surface area (Å²) in [5.41, 5.74) is 1.94. The van der Waals surface area contributed by atoms with E-state index in [1.807, 2.05) is 25.1 Å². The molecule has 1 saturated heterocycles. The van der Waals surface area contributed by atoms with Crippen LogP contribution in [0.1, 0.15) is 5.56 Å². The minimum Gasteiger partial charge on any atom is -0.395 e. The highest BCUT2D eigenvalue weighted by atomic mass is 79.9. The Morgan fingerprint density at radius 1 is 1.35 bits per heavy atom. The van der Waals surface area contributed by atoms with Crippen LogP contribution >= 0.6 is 15.9 Å². The van der Waals surface area contributed by atoms with Gasteiger partial charge in [-0.2, -0.15) is 0 Å². The van der Waals surface area contributed by atoms with Gasteiger partial charge in [-0.1, -0.05) is 6.07 Å². The predicted molar refractivity (Wildman–Crippen MR) is 83.0 cm³/mol. The van der Waals surface area contributed by atoms with Crippen LogP contribution in [0.5, 0.6) is 0 Å². The van der Waals surface area contributed by atoms with Crippen molar-refractivity contribution >= 4 is 27.6 Å². The minimum absolute atomic E-state index is 0.0711. The van der Waals surface area contributed by atoms with Crippen molar-refractivity contribution in [1.82, 2.24) is 9.80 Å². The van der Waals surface area contributed by atoms with Crippen molar-refractivity contribution in [3.05, 3.63) is 28.2 Å². The first kappa shape index (κ1) is 15.3. The molecular weight excluding hydrogens is 322 g/mol. The number of amides is 2. The molecule has 1 aromatic rings. The molecule has 0 atom stereocenters. The van der Waals surface area contributed by atoms with Crippen molar-refractivity contribution in [2.45, 2.75) is 6.92 Å². The lowest BCUT2D eigenvalue weighted by molar-refractivity contribution is 0.127. The van der Waals surface area contributed by atoms with Crippen molar-refractivity contribution in [1.29, 1.82) is 0 Å². The SMILES string of the molecule is Cc1ccc(NC(=O)N2CCN(CCO)CC2)c(Br)c1. The number of piperazine rings is 1. The van der Waals surface area contributed by atoms with E-state index >= 15 is 0 Å². The third-order valence-electron chi connectivity index (χ3n) is 3.44. The maximum Gasteiger partial charge on any atom is 0.321 e. The van der Waals surface area contributed by atoms with Gasteiger partial charge in [0.15, 0.2) is 0 Å². The highest BCUT2D eigenvalue weighted by Gasteiger charge is 2.21. The van der Waals surface area contributed by atoms with Gasteiger partial charge in [0.05, 0.1) is 12.3 Å². The maximum absolute atomic E-state index is 12.2. The summed E-state index contributed by atoms with van der Waals surface area (Å²) < 4.78 is 0.893. The van der Waals surface area contributed by atoms with E-state index in [1.165, 1.54) is 0 Å². The molecule has 5 nitrogen and oxygen atoms in total. The Bertz CT molecular complexity index is 473. The average Bonchev–Trinajstić information content (AvgIpc) is 2.43. The fraction of sp³-hybridized carbons (Fsp3) is 0.500. The van der Waals surface area contributed by atoms with E-state index in [0.717, 1.165) is 28.8 Å². The number of aryl methyl sites for hydroxylation is 1. The Kier molecular flexibility index (Phi) is 5.39. The lowest BCUT2D eigenvalue weighted by atomic mass is 10.2. The zero-order valence-corrected chi connectivity index (χ0v) is 13.2. The van der Waals surface area contributed by atoms with Gasteiger partial charge in [0.1, 0.15) is 0 Å². The van der Waals surface area contributed by atoms with Crippen LogP contribution in [0.15, 0.2) is 22.7 Å². The van der Waals surface area contributed by atoms with Crippen molar-refractivity contribution in [3.8, 4) is 0 Å². The summed E-state index contributed by atoms with van der Waals surface area (Å²) in [5.74, 6) is 0.